The van der Waals surface area contributed by atoms with Crippen molar-refractivity contribution in [3.05, 3.63) is 71.3 Å². The van der Waals surface area contributed by atoms with Gasteiger partial charge in [-0.2, -0.15) is 0 Å². The summed E-state index contributed by atoms with van der Waals surface area (Å²) >= 11 is 0. The monoisotopic (exact) mass is 412 g/mol. The minimum absolute atomic E-state index is 0.0764. The summed E-state index contributed by atoms with van der Waals surface area (Å²) in [4.78, 5) is 40.6. The Morgan fingerprint density at radius 1 is 0.871 bits per heavy atom. The predicted octanol–water partition coefficient (Wildman–Crippen LogP) is 4.11. The molecule has 0 aromatic heterocycles. The Kier molecular flexibility index (Phi) is 3.83. The fraction of sp³-hybridized carbons (Fsp3) is 0.346. The zero-order valence-electron chi connectivity index (χ0n) is 17.5. The SMILES string of the molecule is Cc1cccc(C)c1NC(=O)c1ccc(N2C(=O)[C@H]3[C@@H]4C=C[C@H]([C@H]5C[C@H]45)[C@@H]3C2=O)cc1. The quantitative estimate of drug-likeness (QED) is 0.609. The van der Waals surface area contributed by atoms with Crippen molar-refractivity contribution in [1.29, 1.82) is 0 Å². The largest absolute Gasteiger partial charge is 0.322 e. The highest BCUT2D eigenvalue weighted by Gasteiger charge is 2.67. The molecule has 1 saturated heterocycles. The van der Waals surface area contributed by atoms with Gasteiger partial charge in [0.25, 0.3) is 5.91 Å². The van der Waals surface area contributed by atoms with Gasteiger partial charge in [-0.1, -0.05) is 30.4 Å². The highest BCUT2D eigenvalue weighted by atomic mass is 16.2. The predicted molar refractivity (Wildman–Crippen MR) is 118 cm³/mol. The van der Waals surface area contributed by atoms with Crippen LogP contribution in [0.1, 0.15) is 27.9 Å². The number of imide groups is 1. The molecule has 0 unspecified atom stereocenters. The molecule has 1 N–H and O–H groups in total. The number of para-hydroxylation sites is 1. The molecule has 2 bridgehead atoms. The van der Waals surface area contributed by atoms with Crippen LogP contribution in [0.15, 0.2) is 54.6 Å². The first-order chi connectivity index (χ1) is 15.0. The molecule has 0 spiro atoms. The standard InChI is InChI=1S/C26H24N2O3/c1-13-4-3-5-14(2)23(13)27-24(29)15-6-8-16(9-7-15)28-25(30)21-17-10-11-18(20-12-19(17)20)22(21)26(28)31/h3-11,17-22H,12H2,1-2H3,(H,27,29)/t17-,18-,19-,20-,21+,22+/m1/s1. The first-order valence-corrected chi connectivity index (χ1v) is 11.0. The highest BCUT2D eigenvalue weighted by molar-refractivity contribution is 6.22. The lowest BCUT2D eigenvalue weighted by molar-refractivity contribution is -0.124. The van der Waals surface area contributed by atoms with Crippen molar-refractivity contribution >= 4 is 29.1 Å². The number of carbonyl (C=O) groups excluding carboxylic acids is 3. The van der Waals surface area contributed by atoms with Gasteiger partial charge in [-0.05, 0) is 79.3 Å². The van der Waals surface area contributed by atoms with E-state index >= 15 is 0 Å². The summed E-state index contributed by atoms with van der Waals surface area (Å²) in [6.45, 7) is 3.92. The molecule has 4 aliphatic carbocycles. The highest BCUT2D eigenvalue weighted by Crippen LogP contribution is 2.65. The fourth-order valence-corrected chi connectivity index (χ4v) is 6.17. The van der Waals surface area contributed by atoms with Crippen LogP contribution < -0.4 is 10.2 Å². The number of aryl methyl sites for hydroxylation is 2. The second-order valence-corrected chi connectivity index (χ2v) is 9.43. The number of hydrogen-bond acceptors (Lipinski definition) is 3. The number of carbonyl (C=O) groups is 3. The molecule has 0 radical (unpaired) electrons. The van der Waals surface area contributed by atoms with Crippen molar-refractivity contribution in [2.24, 2.45) is 35.5 Å². The van der Waals surface area contributed by atoms with E-state index in [9.17, 15) is 14.4 Å². The van der Waals surface area contributed by atoms with Crippen molar-refractivity contribution < 1.29 is 14.4 Å². The molecule has 2 aromatic rings. The molecule has 1 aliphatic heterocycles. The number of nitrogens with one attached hydrogen (secondary N) is 1. The Morgan fingerprint density at radius 2 is 1.42 bits per heavy atom. The zero-order valence-corrected chi connectivity index (χ0v) is 17.5. The average Bonchev–Trinajstić information content (AvgIpc) is 3.54. The van der Waals surface area contributed by atoms with E-state index in [1.807, 2.05) is 32.0 Å². The molecule has 2 aromatic carbocycles. The van der Waals surface area contributed by atoms with Gasteiger partial charge in [0.2, 0.25) is 11.8 Å². The van der Waals surface area contributed by atoms with E-state index in [0.29, 0.717) is 23.1 Å². The van der Waals surface area contributed by atoms with Crippen LogP contribution in [0.2, 0.25) is 0 Å². The van der Waals surface area contributed by atoms with Crippen molar-refractivity contribution in [3.63, 3.8) is 0 Å². The van der Waals surface area contributed by atoms with Crippen LogP contribution in [-0.2, 0) is 9.59 Å². The van der Waals surface area contributed by atoms with E-state index in [0.717, 1.165) is 23.2 Å². The minimum Gasteiger partial charge on any atom is -0.322 e. The Hall–Kier alpha value is -3.21. The second-order valence-electron chi connectivity index (χ2n) is 9.43. The maximum atomic E-state index is 13.2. The van der Waals surface area contributed by atoms with Gasteiger partial charge >= 0.3 is 0 Å². The Labute approximate surface area is 181 Å². The van der Waals surface area contributed by atoms with Gasteiger partial charge in [0.05, 0.1) is 17.5 Å². The molecule has 156 valence electrons. The molecule has 6 atom stereocenters. The first-order valence-electron chi connectivity index (χ1n) is 11.0. The molecule has 3 amide bonds. The van der Waals surface area contributed by atoms with E-state index in [2.05, 4.69) is 17.5 Å². The lowest BCUT2D eigenvalue weighted by Crippen LogP contribution is -2.40. The summed E-state index contributed by atoms with van der Waals surface area (Å²) in [5.74, 6) is 0.816. The molecule has 1 heterocycles. The van der Waals surface area contributed by atoms with E-state index < -0.39 is 0 Å². The van der Waals surface area contributed by atoms with Crippen LogP contribution in [0.3, 0.4) is 0 Å². The first kappa shape index (κ1) is 18.6. The summed E-state index contributed by atoms with van der Waals surface area (Å²) in [5.41, 5.74) is 3.86. The lowest BCUT2D eigenvalue weighted by atomic mass is 9.63. The number of amides is 3. The Morgan fingerprint density at radius 3 is 1.97 bits per heavy atom. The molecule has 5 nitrogen and oxygen atoms in total. The van der Waals surface area contributed by atoms with E-state index in [1.54, 1.807) is 24.3 Å². The van der Waals surface area contributed by atoms with Crippen molar-refractivity contribution in [2.75, 3.05) is 10.2 Å². The third kappa shape index (κ3) is 2.59. The summed E-state index contributed by atoms with van der Waals surface area (Å²) in [6, 6.07) is 12.7. The summed E-state index contributed by atoms with van der Waals surface area (Å²) in [6.07, 6.45) is 5.51. The van der Waals surface area contributed by atoms with Crippen LogP contribution in [-0.4, -0.2) is 17.7 Å². The summed E-state index contributed by atoms with van der Waals surface area (Å²) in [7, 11) is 0. The van der Waals surface area contributed by atoms with Gasteiger partial charge in [-0.3, -0.25) is 19.3 Å². The number of rotatable bonds is 3. The third-order valence-corrected chi connectivity index (χ3v) is 7.77. The van der Waals surface area contributed by atoms with Crippen LogP contribution >= 0.6 is 0 Å². The smallest absolute Gasteiger partial charge is 0.255 e. The molecule has 31 heavy (non-hydrogen) atoms. The molecule has 7 rings (SSSR count). The Bertz CT molecular complexity index is 1110. The van der Waals surface area contributed by atoms with E-state index in [-0.39, 0.29) is 41.4 Å². The van der Waals surface area contributed by atoms with Crippen LogP contribution in [0, 0.1) is 49.4 Å². The number of anilines is 2. The normalized spacial score (nSPS) is 32.1. The number of benzene rings is 2. The average molecular weight is 412 g/mol. The zero-order chi connectivity index (χ0) is 21.4. The summed E-state index contributed by atoms with van der Waals surface area (Å²) < 4.78 is 0. The number of nitrogens with zero attached hydrogens (tertiary/aromatic N) is 1. The molecular weight excluding hydrogens is 388 g/mol. The minimum atomic E-state index is -0.210. The molecule has 3 fully saturated rings. The van der Waals surface area contributed by atoms with Gasteiger partial charge in [0.1, 0.15) is 0 Å². The molecule has 5 aliphatic rings. The molecular formula is C26H24N2O3. The van der Waals surface area contributed by atoms with Gasteiger partial charge in [-0.25, -0.2) is 0 Å². The Balaban J connectivity index is 1.24. The van der Waals surface area contributed by atoms with E-state index in [4.69, 9.17) is 0 Å². The van der Waals surface area contributed by atoms with Crippen LogP contribution in [0.4, 0.5) is 11.4 Å². The molecule has 2 saturated carbocycles. The molecule has 5 heteroatoms. The topological polar surface area (TPSA) is 66.5 Å². The van der Waals surface area contributed by atoms with Gasteiger partial charge in [-0.15, -0.1) is 0 Å². The van der Waals surface area contributed by atoms with Crippen LogP contribution in [0.25, 0.3) is 0 Å². The lowest BCUT2D eigenvalue weighted by Gasteiger charge is -2.37. The van der Waals surface area contributed by atoms with Crippen molar-refractivity contribution in [2.45, 2.75) is 20.3 Å². The van der Waals surface area contributed by atoms with E-state index in [1.165, 1.54) is 4.90 Å². The van der Waals surface area contributed by atoms with Gasteiger partial charge < -0.3 is 5.32 Å². The summed E-state index contributed by atoms with van der Waals surface area (Å²) in [5, 5.41) is 2.98. The number of allylic oxidation sites excluding steroid dienone is 2. The van der Waals surface area contributed by atoms with Crippen molar-refractivity contribution in [1.82, 2.24) is 0 Å². The maximum Gasteiger partial charge on any atom is 0.255 e. The third-order valence-electron chi connectivity index (χ3n) is 7.77. The van der Waals surface area contributed by atoms with Gasteiger partial charge in [0.15, 0.2) is 0 Å². The van der Waals surface area contributed by atoms with Crippen molar-refractivity contribution in [3.8, 4) is 0 Å². The second kappa shape index (κ2) is 6.39. The fourth-order valence-electron chi connectivity index (χ4n) is 6.17. The van der Waals surface area contributed by atoms with Gasteiger partial charge in [0, 0.05) is 11.3 Å². The van der Waals surface area contributed by atoms with Crippen LogP contribution in [0.5, 0.6) is 0 Å². The number of hydrogen-bond donors (Lipinski definition) is 1. The maximum absolute atomic E-state index is 13.2.